The highest BCUT2D eigenvalue weighted by Crippen LogP contribution is 2.23. The molecular weight excluding hydrogens is 266 g/mol. The van der Waals surface area contributed by atoms with Gasteiger partial charge < -0.3 is 15.5 Å². The van der Waals surface area contributed by atoms with Gasteiger partial charge in [0.1, 0.15) is 5.56 Å². The van der Waals surface area contributed by atoms with Crippen LogP contribution in [0.2, 0.25) is 0 Å². The van der Waals surface area contributed by atoms with Crippen molar-refractivity contribution in [2.24, 2.45) is 5.92 Å². The average molecular weight is 291 g/mol. The Morgan fingerprint density at radius 1 is 1.29 bits per heavy atom. The molecule has 3 rings (SSSR count). The van der Waals surface area contributed by atoms with Crippen molar-refractivity contribution < 1.29 is 4.79 Å². The van der Waals surface area contributed by atoms with E-state index in [2.05, 4.69) is 15.1 Å². The van der Waals surface area contributed by atoms with E-state index in [0.717, 1.165) is 37.5 Å². The van der Waals surface area contributed by atoms with Gasteiger partial charge in [-0.2, -0.15) is 5.10 Å². The van der Waals surface area contributed by atoms with Crippen molar-refractivity contribution >= 4 is 11.7 Å². The molecule has 1 aromatic rings. The van der Waals surface area contributed by atoms with Crippen molar-refractivity contribution in [3.05, 3.63) is 11.3 Å². The second-order valence-electron chi connectivity index (χ2n) is 6.35. The SMILES string of the molecule is Cc1[nH]nc(N)c1C(=O)N1CCC(CN2CCCC2)CC1. The molecule has 0 radical (unpaired) electrons. The van der Waals surface area contributed by atoms with Gasteiger partial charge in [0.15, 0.2) is 5.82 Å². The van der Waals surface area contributed by atoms with Gasteiger partial charge in [0.25, 0.3) is 5.91 Å². The summed E-state index contributed by atoms with van der Waals surface area (Å²) in [6, 6.07) is 0. The average Bonchev–Trinajstić information content (AvgIpc) is 3.09. The van der Waals surface area contributed by atoms with E-state index >= 15 is 0 Å². The minimum atomic E-state index is 0.0263. The van der Waals surface area contributed by atoms with E-state index in [4.69, 9.17) is 5.73 Å². The number of piperidine rings is 1. The van der Waals surface area contributed by atoms with Gasteiger partial charge in [-0.05, 0) is 51.6 Å². The highest BCUT2D eigenvalue weighted by atomic mass is 16.2. The van der Waals surface area contributed by atoms with E-state index in [1.54, 1.807) is 0 Å². The lowest BCUT2D eigenvalue weighted by atomic mass is 9.95. The molecule has 0 aromatic carbocycles. The van der Waals surface area contributed by atoms with Crippen LogP contribution in [0.15, 0.2) is 0 Å². The van der Waals surface area contributed by atoms with Crippen molar-refractivity contribution in [2.45, 2.75) is 32.6 Å². The number of nitrogens with one attached hydrogen (secondary N) is 1. The van der Waals surface area contributed by atoms with Crippen LogP contribution in [-0.2, 0) is 0 Å². The largest absolute Gasteiger partial charge is 0.382 e. The van der Waals surface area contributed by atoms with Gasteiger partial charge >= 0.3 is 0 Å². The second-order valence-corrected chi connectivity index (χ2v) is 6.35. The van der Waals surface area contributed by atoms with Gasteiger partial charge in [-0.25, -0.2) is 0 Å². The van der Waals surface area contributed by atoms with Crippen molar-refractivity contribution in [1.82, 2.24) is 20.0 Å². The summed E-state index contributed by atoms with van der Waals surface area (Å²) in [6.07, 6.45) is 4.88. The lowest BCUT2D eigenvalue weighted by Gasteiger charge is -2.33. The molecule has 0 spiro atoms. The van der Waals surface area contributed by atoms with Crippen LogP contribution in [0, 0.1) is 12.8 Å². The standard InChI is InChI=1S/C15H25N5O/c1-11-13(14(16)18-17-11)15(21)20-8-4-12(5-9-20)10-19-6-2-3-7-19/h12H,2-10H2,1H3,(H3,16,17,18). The fourth-order valence-corrected chi connectivity index (χ4v) is 3.53. The van der Waals surface area contributed by atoms with Crippen molar-refractivity contribution in [3.8, 4) is 0 Å². The Labute approximate surface area is 125 Å². The summed E-state index contributed by atoms with van der Waals surface area (Å²) in [7, 11) is 0. The van der Waals surface area contributed by atoms with Gasteiger partial charge in [-0.3, -0.25) is 9.89 Å². The number of rotatable bonds is 3. The van der Waals surface area contributed by atoms with Gasteiger partial charge in [0, 0.05) is 25.3 Å². The first-order valence-corrected chi connectivity index (χ1v) is 7.97. The molecular formula is C15H25N5O. The van der Waals surface area contributed by atoms with E-state index in [1.807, 2.05) is 11.8 Å². The lowest BCUT2D eigenvalue weighted by Crippen LogP contribution is -2.41. The van der Waals surface area contributed by atoms with E-state index in [9.17, 15) is 4.79 Å². The van der Waals surface area contributed by atoms with E-state index < -0.39 is 0 Å². The number of likely N-dealkylation sites (tertiary alicyclic amines) is 2. The van der Waals surface area contributed by atoms with Crippen LogP contribution in [0.25, 0.3) is 0 Å². The van der Waals surface area contributed by atoms with Crippen LogP contribution >= 0.6 is 0 Å². The topological polar surface area (TPSA) is 78.2 Å². The fraction of sp³-hybridized carbons (Fsp3) is 0.733. The maximum Gasteiger partial charge on any atom is 0.259 e. The van der Waals surface area contributed by atoms with Crippen molar-refractivity contribution in [3.63, 3.8) is 0 Å². The number of hydrogen-bond acceptors (Lipinski definition) is 4. The van der Waals surface area contributed by atoms with E-state index in [1.165, 1.54) is 32.5 Å². The Morgan fingerprint density at radius 2 is 1.95 bits per heavy atom. The Kier molecular flexibility index (Phi) is 4.14. The fourth-order valence-electron chi connectivity index (χ4n) is 3.53. The van der Waals surface area contributed by atoms with Crippen LogP contribution in [0.3, 0.4) is 0 Å². The van der Waals surface area contributed by atoms with Crippen LogP contribution < -0.4 is 5.73 Å². The quantitative estimate of drug-likeness (QED) is 0.878. The summed E-state index contributed by atoms with van der Waals surface area (Å²) in [5.41, 5.74) is 7.10. The molecule has 2 aliphatic rings. The number of hydrogen-bond donors (Lipinski definition) is 2. The third kappa shape index (κ3) is 3.05. The third-order valence-corrected chi connectivity index (χ3v) is 4.81. The molecule has 0 saturated carbocycles. The zero-order valence-corrected chi connectivity index (χ0v) is 12.8. The second kappa shape index (κ2) is 6.05. The summed E-state index contributed by atoms with van der Waals surface area (Å²) in [5, 5.41) is 6.70. The molecule has 0 aliphatic carbocycles. The maximum absolute atomic E-state index is 12.5. The molecule has 2 aliphatic heterocycles. The first-order valence-electron chi connectivity index (χ1n) is 7.97. The molecule has 2 saturated heterocycles. The molecule has 2 fully saturated rings. The molecule has 0 bridgehead atoms. The molecule has 0 unspecified atom stereocenters. The summed E-state index contributed by atoms with van der Waals surface area (Å²) >= 11 is 0. The van der Waals surface area contributed by atoms with Crippen LogP contribution in [0.1, 0.15) is 41.7 Å². The van der Waals surface area contributed by atoms with Crippen molar-refractivity contribution in [1.29, 1.82) is 0 Å². The van der Waals surface area contributed by atoms with Crippen LogP contribution in [0.5, 0.6) is 0 Å². The van der Waals surface area contributed by atoms with Crippen molar-refractivity contribution in [2.75, 3.05) is 38.5 Å². The summed E-state index contributed by atoms with van der Waals surface area (Å²) in [6.45, 7) is 7.22. The smallest absolute Gasteiger partial charge is 0.259 e. The van der Waals surface area contributed by atoms with Gasteiger partial charge in [-0.15, -0.1) is 0 Å². The summed E-state index contributed by atoms with van der Waals surface area (Å²) < 4.78 is 0. The number of carbonyl (C=O) groups excluding carboxylic acids is 1. The van der Waals surface area contributed by atoms with Gasteiger partial charge in [-0.1, -0.05) is 0 Å². The molecule has 3 N–H and O–H groups in total. The lowest BCUT2D eigenvalue weighted by molar-refractivity contribution is 0.0673. The number of nitrogens with zero attached hydrogens (tertiary/aromatic N) is 3. The molecule has 6 heteroatoms. The predicted molar refractivity (Wildman–Crippen MR) is 82.0 cm³/mol. The molecule has 21 heavy (non-hydrogen) atoms. The number of carbonyl (C=O) groups is 1. The minimum Gasteiger partial charge on any atom is -0.382 e. The van der Waals surface area contributed by atoms with Gasteiger partial charge in [0.05, 0.1) is 0 Å². The number of aromatic amines is 1. The van der Waals surface area contributed by atoms with E-state index in [-0.39, 0.29) is 5.91 Å². The Bertz CT molecular complexity index is 479. The molecule has 6 nitrogen and oxygen atoms in total. The Hall–Kier alpha value is -1.56. The number of H-pyrrole nitrogens is 1. The molecule has 1 amide bonds. The Balaban J connectivity index is 1.54. The molecule has 0 atom stereocenters. The number of anilines is 1. The zero-order chi connectivity index (χ0) is 14.8. The van der Waals surface area contributed by atoms with Crippen LogP contribution in [0.4, 0.5) is 5.82 Å². The predicted octanol–water partition coefficient (Wildman–Crippen LogP) is 1.25. The Morgan fingerprint density at radius 3 is 2.52 bits per heavy atom. The molecule has 3 heterocycles. The highest BCUT2D eigenvalue weighted by molar-refractivity contribution is 5.99. The summed E-state index contributed by atoms with van der Waals surface area (Å²) in [4.78, 5) is 17.0. The number of nitrogen functional groups attached to an aromatic ring is 1. The van der Waals surface area contributed by atoms with Crippen LogP contribution in [-0.4, -0.2) is 58.6 Å². The number of aryl methyl sites for hydroxylation is 1. The highest BCUT2D eigenvalue weighted by Gasteiger charge is 2.28. The summed E-state index contributed by atoms with van der Waals surface area (Å²) in [5.74, 6) is 1.07. The first-order chi connectivity index (χ1) is 10.1. The molecule has 1 aromatic heterocycles. The first kappa shape index (κ1) is 14.4. The number of nitrogens with two attached hydrogens (primary N) is 1. The maximum atomic E-state index is 12.5. The number of amides is 1. The minimum absolute atomic E-state index is 0.0263. The number of aromatic nitrogens is 2. The normalized spacial score (nSPS) is 21.1. The zero-order valence-electron chi connectivity index (χ0n) is 12.8. The third-order valence-electron chi connectivity index (χ3n) is 4.81. The molecule has 116 valence electrons. The van der Waals surface area contributed by atoms with E-state index in [0.29, 0.717) is 11.4 Å². The van der Waals surface area contributed by atoms with Gasteiger partial charge in [0.2, 0.25) is 0 Å². The monoisotopic (exact) mass is 291 g/mol.